The molecule has 0 aliphatic rings. The van der Waals surface area contributed by atoms with Crippen LogP contribution >= 0.6 is 0 Å². The van der Waals surface area contributed by atoms with Crippen LogP contribution in [0.1, 0.15) is 114 Å². The fraction of sp³-hybridized carbons (Fsp3) is 0.889. The van der Waals surface area contributed by atoms with Crippen LogP contribution in [-0.4, -0.2) is 53.7 Å². The number of nitrogens with two attached hydrogens (primary N) is 1. The van der Waals surface area contributed by atoms with Crippen molar-refractivity contribution in [2.24, 2.45) is 11.1 Å². The van der Waals surface area contributed by atoms with Gasteiger partial charge >= 0.3 is 0 Å². The average Bonchev–Trinajstić information content (AvgIpc) is 2.69. The third-order valence-electron chi connectivity index (χ3n) is 6.54. The maximum absolute atomic E-state index is 13.4. The molecule has 8 nitrogen and oxygen atoms in total. The summed E-state index contributed by atoms with van der Waals surface area (Å²) in [5.74, 6) is -1.40. The fourth-order valence-electron chi connectivity index (χ4n) is 4.79. The molecular formula is C27H53N3O5. The zero-order chi connectivity index (χ0) is 27.7. The molecule has 3 amide bonds. The van der Waals surface area contributed by atoms with E-state index in [0.717, 1.165) is 19.3 Å². The van der Waals surface area contributed by atoms with E-state index in [0.29, 0.717) is 19.3 Å². The molecule has 0 bridgehead atoms. The van der Waals surface area contributed by atoms with Crippen molar-refractivity contribution in [2.45, 2.75) is 143 Å². The molecule has 0 fully saturated rings. The van der Waals surface area contributed by atoms with Gasteiger partial charge in [0.1, 0.15) is 6.04 Å². The number of carbonyl (C=O) groups is 3. The normalized spacial score (nSPS) is 16.2. The van der Waals surface area contributed by atoms with Crippen molar-refractivity contribution in [2.75, 3.05) is 7.11 Å². The third kappa shape index (κ3) is 12.7. The lowest BCUT2D eigenvalue weighted by Gasteiger charge is -2.39. The van der Waals surface area contributed by atoms with Gasteiger partial charge in [0.05, 0.1) is 23.7 Å². The molecule has 3 unspecified atom stereocenters. The summed E-state index contributed by atoms with van der Waals surface area (Å²) < 4.78 is 11.8. The second-order valence-electron chi connectivity index (χ2n) is 12.1. The van der Waals surface area contributed by atoms with E-state index in [1.54, 1.807) is 7.11 Å². The zero-order valence-electron chi connectivity index (χ0n) is 24.2. The summed E-state index contributed by atoms with van der Waals surface area (Å²) in [6.45, 7) is 19.6. The SMILES string of the molecule is CCCCC(C)OC(C)(C)CC(C)(CC)C(=O)NC(CC(N)=O)C(=O)NC(C)(C)CC(C)(C)OC. The van der Waals surface area contributed by atoms with Crippen molar-refractivity contribution in [1.82, 2.24) is 10.6 Å². The van der Waals surface area contributed by atoms with Crippen LogP contribution in [0.2, 0.25) is 0 Å². The van der Waals surface area contributed by atoms with E-state index in [4.69, 9.17) is 15.2 Å². The van der Waals surface area contributed by atoms with E-state index < -0.39 is 40.0 Å². The standard InChI is InChI=1S/C27H53N3O5/c1-12-14-15-19(3)35-26(8,9)18-27(10,13-2)23(33)29-20(16-21(28)31)22(32)30-24(4,5)17-25(6,7)34-11/h19-20H,12-18H2,1-11H3,(H2,28,31)(H,29,33)(H,30,32). The number of ether oxygens (including phenoxy) is 2. The predicted octanol–water partition coefficient (Wildman–Crippen LogP) is 4.24. The molecule has 35 heavy (non-hydrogen) atoms. The number of carbonyl (C=O) groups excluding carboxylic acids is 3. The van der Waals surface area contributed by atoms with Gasteiger partial charge in [-0.1, -0.05) is 33.6 Å². The lowest BCUT2D eigenvalue weighted by molar-refractivity contribution is -0.142. The first kappa shape index (κ1) is 33.3. The Morgan fingerprint density at radius 1 is 0.943 bits per heavy atom. The summed E-state index contributed by atoms with van der Waals surface area (Å²) in [7, 11) is 1.62. The van der Waals surface area contributed by atoms with Crippen molar-refractivity contribution in [1.29, 1.82) is 0 Å². The minimum atomic E-state index is -1.07. The quantitative estimate of drug-likeness (QED) is 0.276. The molecule has 0 aromatic rings. The Kier molecular flexibility index (Phi) is 12.9. The topological polar surface area (TPSA) is 120 Å². The molecule has 0 saturated carbocycles. The Balaban J connectivity index is 5.55. The summed E-state index contributed by atoms with van der Waals surface area (Å²) in [5.41, 5.74) is 3.00. The molecular weight excluding hydrogens is 446 g/mol. The van der Waals surface area contributed by atoms with E-state index in [1.807, 2.05) is 55.4 Å². The Morgan fingerprint density at radius 2 is 1.51 bits per heavy atom. The lowest BCUT2D eigenvalue weighted by Crippen LogP contribution is -2.57. The molecule has 206 valence electrons. The number of amides is 3. The zero-order valence-corrected chi connectivity index (χ0v) is 24.2. The molecule has 0 aromatic heterocycles. The minimum Gasteiger partial charge on any atom is -0.379 e. The summed E-state index contributed by atoms with van der Waals surface area (Å²) in [6.07, 6.45) is 4.51. The number of methoxy groups -OCH3 is 1. The Bertz CT molecular complexity index is 705. The number of rotatable bonds is 17. The van der Waals surface area contributed by atoms with Gasteiger partial charge in [0.25, 0.3) is 0 Å². The molecule has 0 aliphatic heterocycles. The van der Waals surface area contributed by atoms with Crippen LogP contribution in [0.5, 0.6) is 0 Å². The molecule has 0 rings (SSSR count). The second-order valence-corrected chi connectivity index (χ2v) is 12.1. The maximum Gasteiger partial charge on any atom is 0.243 e. The summed E-state index contributed by atoms with van der Waals surface area (Å²) in [6, 6.07) is -1.07. The van der Waals surface area contributed by atoms with E-state index in [-0.39, 0.29) is 18.4 Å². The van der Waals surface area contributed by atoms with Crippen molar-refractivity contribution in [3.63, 3.8) is 0 Å². The van der Waals surface area contributed by atoms with E-state index in [1.165, 1.54) is 0 Å². The first-order chi connectivity index (χ1) is 15.8. The van der Waals surface area contributed by atoms with E-state index in [2.05, 4.69) is 24.5 Å². The van der Waals surface area contributed by atoms with Gasteiger partial charge in [0, 0.05) is 18.1 Å². The number of unbranched alkanes of at least 4 members (excludes halogenated alkanes) is 1. The van der Waals surface area contributed by atoms with Crippen LogP contribution in [0, 0.1) is 5.41 Å². The molecule has 0 saturated heterocycles. The van der Waals surface area contributed by atoms with Crippen LogP contribution in [0.4, 0.5) is 0 Å². The predicted molar refractivity (Wildman–Crippen MR) is 141 cm³/mol. The van der Waals surface area contributed by atoms with Gasteiger partial charge < -0.3 is 25.8 Å². The van der Waals surface area contributed by atoms with Crippen LogP contribution < -0.4 is 16.4 Å². The summed E-state index contributed by atoms with van der Waals surface area (Å²) in [4.78, 5) is 38.3. The largest absolute Gasteiger partial charge is 0.379 e. The third-order valence-corrected chi connectivity index (χ3v) is 6.54. The van der Waals surface area contributed by atoms with Gasteiger partial charge in [-0.05, 0) is 74.1 Å². The maximum atomic E-state index is 13.4. The smallest absolute Gasteiger partial charge is 0.243 e. The van der Waals surface area contributed by atoms with Gasteiger partial charge in [-0.3, -0.25) is 14.4 Å². The molecule has 8 heteroatoms. The van der Waals surface area contributed by atoms with Gasteiger partial charge in [-0.2, -0.15) is 0 Å². The molecule has 3 atom stereocenters. The molecule has 0 aromatic carbocycles. The lowest BCUT2D eigenvalue weighted by atomic mass is 9.76. The highest BCUT2D eigenvalue weighted by Gasteiger charge is 2.41. The fourth-order valence-corrected chi connectivity index (χ4v) is 4.79. The highest BCUT2D eigenvalue weighted by molar-refractivity contribution is 5.93. The average molecular weight is 500 g/mol. The van der Waals surface area contributed by atoms with Crippen molar-refractivity contribution < 1.29 is 23.9 Å². The number of nitrogens with one attached hydrogen (secondary N) is 2. The minimum absolute atomic E-state index is 0.0843. The molecule has 0 aliphatic carbocycles. The van der Waals surface area contributed by atoms with Crippen LogP contribution in [0.3, 0.4) is 0 Å². The molecule has 0 spiro atoms. The number of hydrogen-bond donors (Lipinski definition) is 3. The van der Waals surface area contributed by atoms with E-state index in [9.17, 15) is 14.4 Å². The van der Waals surface area contributed by atoms with Crippen molar-refractivity contribution in [3.05, 3.63) is 0 Å². The first-order valence-corrected chi connectivity index (χ1v) is 13.0. The van der Waals surface area contributed by atoms with Crippen LogP contribution in [-0.2, 0) is 23.9 Å². The summed E-state index contributed by atoms with van der Waals surface area (Å²) >= 11 is 0. The number of primary amides is 1. The van der Waals surface area contributed by atoms with Crippen molar-refractivity contribution >= 4 is 17.7 Å². The highest BCUT2D eigenvalue weighted by atomic mass is 16.5. The second kappa shape index (κ2) is 13.6. The van der Waals surface area contributed by atoms with Crippen molar-refractivity contribution in [3.8, 4) is 0 Å². The van der Waals surface area contributed by atoms with Gasteiger partial charge in [-0.15, -0.1) is 0 Å². The molecule has 0 radical (unpaired) electrons. The summed E-state index contributed by atoms with van der Waals surface area (Å²) in [5, 5.41) is 5.77. The number of hydrogen-bond acceptors (Lipinski definition) is 5. The Hall–Kier alpha value is -1.67. The first-order valence-electron chi connectivity index (χ1n) is 13.0. The monoisotopic (exact) mass is 499 g/mol. The van der Waals surface area contributed by atoms with Gasteiger partial charge in [-0.25, -0.2) is 0 Å². The van der Waals surface area contributed by atoms with Gasteiger partial charge in [0.15, 0.2) is 0 Å². The molecule has 4 N–H and O–H groups in total. The molecule has 0 heterocycles. The Labute approximate surface area is 213 Å². The highest BCUT2D eigenvalue weighted by Crippen LogP contribution is 2.35. The van der Waals surface area contributed by atoms with Crippen LogP contribution in [0.15, 0.2) is 0 Å². The Morgan fingerprint density at radius 3 is 1.97 bits per heavy atom. The van der Waals surface area contributed by atoms with E-state index >= 15 is 0 Å². The van der Waals surface area contributed by atoms with Gasteiger partial charge in [0.2, 0.25) is 17.7 Å². The van der Waals surface area contributed by atoms with Crippen LogP contribution in [0.25, 0.3) is 0 Å².